The second-order valence-corrected chi connectivity index (χ2v) is 2.30. The van der Waals surface area contributed by atoms with Gasteiger partial charge in [0.15, 0.2) is 0 Å². The van der Waals surface area contributed by atoms with Crippen LogP contribution in [0, 0.1) is 0 Å². The van der Waals surface area contributed by atoms with Crippen molar-refractivity contribution >= 4 is 6.16 Å². The summed E-state index contributed by atoms with van der Waals surface area (Å²) in [5.41, 5.74) is 0. The Bertz CT molecular complexity index is 133. The molecule has 1 saturated heterocycles. The largest absolute Gasteiger partial charge is 0.505 e. The molecule has 0 spiro atoms. The molecule has 0 radical (unpaired) electrons. The summed E-state index contributed by atoms with van der Waals surface area (Å²) >= 11 is 0. The first-order valence-electron chi connectivity index (χ1n) is 3.46. The molecule has 0 bridgehead atoms. The Hall–Kier alpha value is -0.810. The number of carboxylic acid groups (broad SMARTS) is 1. The van der Waals surface area contributed by atoms with Crippen molar-refractivity contribution in [3.05, 3.63) is 0 Å². The number of hydrogen-bond acceptors (Lipinski definition) is 4. The number of morpholine rings is 1. The van der Waals surface area contributed by atoms with Crippen LogP contribution < -0.4 is 5.32 Å². The maximum Gasteiger partial charge on any atom is 0.505 e. The zero-order valence-electron chi connectivity index (χ0n) is 6.08. The van der Waals surface area contributed by atoms with E-state index in [9.17, 15) is 4.79 Å². The average molecular weight is 161 g/mol. The summed E-state index contributed by atoms with van der Waals surface area (Å²) in [4.78, 5) is 9.95. The fourth-order valence-electron chi connectivity index (χ4n) is 0.899. The Morgan fingerprint density at radius 3 is 3.18 bits per heavy atom. The van der Waals surface area contributed by atoms with Crippen LogP contribution in [-0.2, 0) is 9.47 Å². The van der Waals surface area contributed by atoms with Crippen LogP contribution in [-0.4, -0.2) is 43.7 Å². The molecule has 1 aliphatic rings. The molecule has 1 rings (SSSR count). The highest BCUT2D eigenvalue weighted by molar-refractivity contribution is 5.56. The normalized spacial score (nSPS) is 24.5. The van der Waals surface area contributed by atoms with Crippen LogP contribution in [0.2, 0.25) is 0 Å². The van der Waals surface area contributed by atoms with Crippen LogP contribution in [0.25, 0.3) is 0 Å². The predicted molar refractivity (Wildman–Crippen MR) is 36.6 cm³/mol. The summed E-state index contributed by atoms with van der Waals surface area (Å²) in [5, 5.41) is 11.2. The minimum atomic E-state index is -1.24. The van der Waals surface area contributed by atoms with Gasteiger partial charge in [0.2, 0.25) is 0 Å². The molecule has 0 aromatic heterocycles. The van der Waals surface area contributed by atoms with Gasteiger partial charge in [-0.3, -0.25) is 0 Å². The topological polar surface area (TPSA) is 67.8 Å². The monoisotopic (exact) mass is 161 g/mol. The second-order valence-electron chi connectivity index (χ2n) is 2.30. The van der Waals surface area contributed by atoms with E-state index < -0.39 is 6.16 Å². The molecule has 2 N–H and O–H groups in total. The van der Waals surface area contributed by atoms with Crippen molar-refractivity contribution in [1.82, 2.24) is 5.32 Å². The predicted octanol–water partition coefficient (Wildman–Crippen LogP) is -0.331. The van der Waals surface area contributed by atoms with E-state index in [0.717, 1.165) is 6.54 Å². The molecule has 0 aromatic carbocycles. The van der Waals surface area contributed by atoms with Gasteiger partial charge in [0.05, 0.1) is 19.3 Å². The van der Waals surface area contributed by atoms with E-state index in [0.29, 0.717) is 13.2 Å². The van der Waals surface area contributed by atoms with Crippen molar-refractivity contribution in [3.8, 4) is 0 Å². The lowest BCUT2D eigenvalue weighted by Gasteiger charge is -2.22. The van der Waals surface area contributed by atoms with Crippen molar-refractivity contribution in [1.29, 1.82) is 0 Å². The van der Waals surface area contributed by atoms with Gasteiger partial charge in [0.25, 0.3) is 0 Å². The maximum atomic E-state index is 9.95. The Morgan fingerprint density at radius 2 is 2.64 bits per heavy atom. The highest BCUT2D eigenvalue weighted by Gasteiger charge is 2.14. The van der Waals surface area contributed by atoms with Crippen molar-refractivity contribution < 1.29 is 19.4 Å². The zero-order valence-corrected chi connectivity index (χ0v) is 6.08. The smallest absolute Gasteiger partial charge is 0.450 e. The lowest BCUT2D eigenvalue weighted by atomic mass is 10.3. The molecule has 1 unspecified atom stereocenters. The summed E-state index contributed by atoms with van der Waals surface area (Å²) in [7, 11) is 0. The Morgan fingerprint density at radius 1 is 1.82 bits per heavy atom. The highest BCUT2D eigenvalue weighted by atomic mass is 16.7. The molecule has 1 atom stereocenters. The van der Waals surface area contributed by atoms with Gasteiger partial charge in [-0.2, -0.15) is 0 Å². The van der Waals surface area contributed by atoms with E-state index in [1.54, 1.807) is 0 Å². The van der Waals surface area contributed by atoms with Crippen LogP contribution in [0.4, 0.5) is 4.79 Å². The molecule has 1 fully saturated rings. The molecule has 5 heteroatoms. The number of rotatable bonds is 2. The average Bonchev–Trinajstić information content (AvgIpc) is 2.03. The Labute approximate surface area is 64.3 Å². The Kier molecular flexibility index (Phi) is 3.13. The minimum Gasteiger partial charge on any atom is -0.450 e. The number of carbonyl (C=O) groups is 1. The first kappa shape index (κ1) is 8.29. The lowest BCUT2D eigenvalue weighted by Crippen LogP contribution is -2.44. The third-order valence-electron chi connectivity index (χ3n) is 1.41. The quantitative estimate of drug-likeness (QED) is 0.543. The third kappa shape index (κ3) is 3.20. The van der Waals surface area contributed by atoms with Gasteiger partial charge in [-0.05, 0) is 0 Å². The number of nitrogens with one attached hydrogen (secondary N) is 1. The highest BCUT2D eigenvalue weighted by Crippen LogP contribution is 1.93. The molecule has 1 heterocycles. The molecule has 5 nitrogen and oxygen atoms in total. The maximum absolute atomic E-state index is 9.95. The first-order chi connectivity index (χ1) is 5.29. The molecule has 0 aromatic rings. The van der Waals surface area contributed by atoms with Crippen molar-refractivity contribution in [2.45, 2.75) is 6.04 Å². The van der Waals surface area contributed by atoms with Crippen LogP contribution in [0.15, 0.2) is 0 Å². The van der Waals surface area contributed by atoms with E-state index in [-0.39, 0.29) is 12.6 Å². The van der Waals surface area contributed by atoms with Gasteiger partial charge in [-0.25, -0.2) is 4.79 Å². The SMILES string of the molecule is O=C(O)OCC1COCCN1. The van der Waals surface area contributed by atoms with E-state index in [2.05, 4.69) is 10.1 Å². The summed E-state index contributed by atoms with van der Waals surface area (Å²) in [6, 6.07) is 0.0137. The lowest BCUT2D eigenvalue weighted by molar-refractivity contribution is 0.0328. The van der Waals surface area contributed by atoms with E-state index >= 15 is 0 Å². The third-order valence-corrected chi connectivity index (χ3v) is 1.41. The van der Waals surface area contributed by atoms with Crippen molar-refractivity contribution in [2.24, 2.45) is 0 Å². The van der Waals surface area contributed by atoms with Gasteiger partial charge < -0.3 is 19.9 Å². The minimum absolute atomic E-state index is 0.0137. The molecule has 0 saturated carbocycles. The standard InChI is InChI=1S/C6H11NO4/c8-6(9)11-4-5-3-10-2-1-7-5/h5,7H,1-4H2,(H,8,9). The van der Waals surface area contributed by atoms with Crippen molar-refractivity contribution in [3.63, 3.8) is 0 Å². The zero-order chi connectivity index (χ0) is 8.10. The molecule has 0 aliphatic carbocycles. The summed E-state index contributed by atoms with van der Waals surface area (Å²) in [6.45, 7) is 2.12. The first-order valence-corrected chi connectivity index (χ1v) is 3.46. The summed E-state index contributed by atoms with van der Waals surface area (Å²) in [5.74, 6) is 0. The fourth-order valence-corrected chi connectivity index (χ4v) is 0.899. The summed E-state index contributed by atoms with van der Waals surface area (Å²) in [6.07, 6.45) is -1.24. The Balaban J connectivity index is 2.09. The van der Waals surface area contributed by atoms with Gasteiger partial charge in [-0.15, -0.1) is 0 Å². The number of hydrogen-bond donors (Lipinski definition) is 2. The van der Waals surface area contributed by atoms with E-state index in [1.807, 2.05) is 0 Å². The summed E-state index contributed by atoms with van der Waals surface area (Å²) < 4.78 is 9.43. The van der Waals surface area contributed by atoms with Crippen LogP contribution in [0.5, 0.6) is 0 Å². The second kappa shape index (κ2) is 4.15. The van der Waals surface area contributed by atoms with Crippen molar-refractivity contribution in [2.75, 3.05) is 26.4 Å². The van der Waals surface area contributed by atoms with E-state index in [1.165, 1.54) is 0 Å². The van der Waals surface area contributed by atoms with Gasteiger partial charge in [0.1, 0.15) is 6.61 Å². The molecule has 11 heavy (non-hydrogen) atoms. The van der Waals surface area contributed by atoms with Gasteiger partial charge in [-0.1, -0.05) is 0 Å². The van der Waals surface area contributed by atoms with Gasteiger partial charge >= 0.3 is 6.16 Å². The molecule has 0 amide bonds. The van der Waals surface area contributed by atoms with Crippen LogP contribution >= 0.6 is 0 Å². The molecular weight excluding hydrogens is 150 g/mol. The van der Waals surface area contributed by atoms with E-state index in [4.69, 9.17) is 9.84 Å². The molecule has 1 aliphatic heterocycles. The number of ether oxygens (including phenoxy) is 2. The molecule has 64 valence electrons. The fraction of sp³-hybridized carbons (Fsp3) is 0.833. The van der Waals surface area contributed by atoms with Crippen LogP contribution in [0.1, 0.15) is 0 Å². The molecular formula is C6H11NO4. The van der Waals surface area contributed by atoms with Gasteiger partial charge in [0, 0.05) is 6.54 Å². The van der Waals surface area contributed by atoms with Crippen LogP contribution in [0.3, 0.4) is 0 Å².